The van der Waals surface area contributed by atoms with Gasteiger partial charge in [-0.25, -0.2) is 9.89 Å². The Labute approximate surface area is 89.1 Å². The van der Waals surface area contributed by atoms with Gasteiger partial charge in [0, 0.05) is 19.9 Å². The quantitative estimate of drug-likeness (QED) is 0.729. The first-order valence-electron chi connectivity index (χ1n) is 4.33. The second-order valence-corrected chi connectivity index (χ2v) is 3.38. The van der Waals surface area contributed by atoms with Gasteiger partial charge in [0.2, 0.25) is 5.89 Å². The molecule has 2 aromatic rings. The van der Waals surface area contributed by atoms with Crippen LogP contribution in [0, 0.1) is 11.7 Å². The lowest BCUT2D eigenvalue weighted by Crippen LogP contribution is -2.18. The zero-order valence-electron chi connectivity index (χ0n) is 7.98. The van der Waals surface area contributed by atoms with E-state index in [2.05, 4.69) is 20.3 Å². The van der Waals surface area contributed by atoms with Crippen molar-refractivity contribution in [1.29, 1.82) is 0 Å². The van der Waals surface area contributed by atoms with E-state index in [1.807, 2.05) is 0 Å². The van der Waals surface area contributed by atoms with E-state index in [1.165, 1.54) is 4.57 Å². The summed E-state index contributed by atoms with van der Waals surface area (Å²) in [5, 5.41) is 8.67. The maximum absolute atomic E-state index is 11.2. The maximum Gasteiger partial charge on any atom is 0.342 e. The molecule has 0 aromatic carbocycles. The number of H-pyrrole nitrogens is 2. The molecule has 0 bridgehead atoms. The molecule has 2 N–H and O–H groups in total. The Balaban J connectivity index is 2.11. The Morgan fingerprint density at radius 2 is 2.33 bits per heavy atom. The highest BCUT2D eigenvalue weighted by Crippen LogP contribution is 1.97. The van der Waals surface area contributed by atoms with Gasteiger partial charge in [0.05, 0.1) is 0 Å². The fourth-order valence-electron chi connectivity index (χ4n) is 1.19. The molecule has 0 atom stereocenters. The van der Waals surface area contributed by atoms with Gasteiger partial charge < -0.3 is 4.52 Å². The summed E-state index contributed by atoms with van der Waals surface area (Å²) in [6, 6.07) is 0. The fraction of sp³-hybridized carbons (Fsp3) is 0.429. The van der Waals surface area contributed by atoms with Crippen molar-refractivity contribution in [3.8, 4) is 0 Å². The van der Waals surface area contributed by atoms with Gasteiger partial charge in [-0.05, 0) is 12.2 Å². The van der Waals surface area contributed by atoms with E-state index in [9.17, 15) is 4.79 Å². The van der Waals surface area contributed by atoms with Crippen molar-refractivity contribution < 1.29 is 4.52 Å². The first kappa shape index (κ1) is 9.84. The van der Waals surface area contributed by atoms with Gasteiger partial charge in [-0.3, -0.25) is 9.67 Å². The largest absolute Gasteiger partial charge is 0.342 e. The summed E-state index contributed by atoms with van der Waals surface area (Å²) < 4.78 is 6.57. The van der Waals surface area contributed by atoms with Crippen LogP contribution in [0.5, 0.6) is 0 Å². The molecule has 15 heavy (non-hydrogen) atoms. The Morgan fingerprint density at radius 1 is 1.53 bits per heavy atom. The van der Waals surface area contributed by atoms with Gasteiger partial charge in [-0.15, -0.1) is 0 Å². The van der Waals surface area contributed by atoms with Crippen LogP contribution < -0.4 is 5.69 Å². The molecule has 0 saturated carbocycles. The SMILES string of the molecule is Cc1nc(CCn2c(=O)[nH][nH]c2=S)no1. The predicted octanol–water partition coefficient (Wildman–Crippen LogP) is 0.168. The monoisotopic (exact) mass is 227 g/mol. The van der Waals surface area contributed by atoms with Gasteiger partial charge >= 0.3 is 5.69 Å². The van der Waals surface area contributed by atoms with Crippen molar-refractivity contribution in [2.75, 3.05) is 0 Å². The summed E-state index contributed by atoms with van der Waals surface area (Å²) in [5.74, 6) is 1.08. The van der Waals surface area contributed by atoms with Crippen LogP contribution in [0.25, 0.3) is 0 Å². The smallest absolute Gasteiger partial charge is 0.340 e. The highest BCUT2D eigenvalue weighted by atomic mass is 32.1. The lowest BCUT2D eigenvalue weighted by Gasteiger charge is -1.95. The molecule has 7 nitrogen and oxygen atoms in total. The summed E-state index contributed by atoms with van der Waals surface area (Å²) in [6.07, 6.45) is 0.507. The number of aryl methyl sites for hydroxylation is 2. The Bertz CT molecular complexity index is 535. The number of hydrogen-bond acceptors (Lipinski definition) is 5. The number of rotatable bonds is 3. The molecule has 80 valence electrons. The highest BCUT2D eigenvalue weighted by Gasteiger charge is 2.04. The number of nitrogens with zero attached hydrogens (tertiary/aromatic N) is 3. The molecular formula is C7H9N5O2S. The molecule has 2 aromatic heterocycles. The van der Waals surface area contributed by atoms with Crippen molar-refractivity contribution in [1.82, 2.24) is 24.9 Å². The summed E-state index contributed by atoms with van der Waals surface area (Å²) in [7, 11) is 0. The molecule has 2 rings (SSSR count). The predicted molar refractivity (Wildman–Crippen MR) is 53.0 cm³/mol. The van der Waals surface area contributed by atoms with E-state index >= 15 is 0 Å². The minimum Gasteiger partial charge on any atom is -0.340 e. The first-order chi connectivity index (χ1) is 7.16. The Hall–Kier alpha value is -1.70. The van der Waals surface area contributed by atoms with Gasteiger partial charge in [0.25, 0.3) is 0 Å². The maximum atomic E-state index is 11.2. The van der Waals surface area contributed by atoms with Crippen molar-refractivity contribution in [3.05, 3.63) is 27.0 Å². The van der Waals surface area contributed by atoms with Crippen LogP contribution in [0.15, 0.2) is 9.32 Å². The number of hydrogen-bond donors (Lipinski definition) is 2. The van der Waals surface area contributed by atoms with E-state index in [1.54, 1.807) is 6.92 Å². The van der Waals surface area contributed by atoms with E-state index in [4.69, 9.17) is 16.7 Å². The lowest BCUT2D eigenvalue weighted by molar-refractivity contribution is 0.386. The molecule has 0 aliphatic rings. The molecule has 0 saturated heterocycles. The second kappa shape index (κ2) is 3.81. The molecule has 0 fully saturated rings. The summed E-state index contributed by atoms with van der Waals surface area (Å²) in [6.45, 7) is 2.14. The summed E-state index contributed by atoms with van der Waals surface area (Å²) >= 11 is 4.91. The molecule has 0 amide bonds. The third-order valence-corrected chi connectivity index (χ3v) is 2.22. The zero-order valence-corrected chi connectivity index (χ0v) is 8.80. The van der Waals surface area contributed by atoms with Crippen molar-refractivity contribution in [2.24, 2.45) is 0 Å². The third-order valence-electron chi connectivity index (χ3n) is 1.90. The van der Waals surface area contributed by atoms with Crippen LogP contribution in [0.3, 0.4) is 0 Å². The van der Waals surface area contributed by atoms with Crippen LogP contribution in [0.2, 0.25) is 0 Å². The zero-order chi connectivity index (χ0) is 10.8. The van der Waals surface area contributed by atoms with Gasteiger partial charge in [-0.2, -0.15) is 4.98 Å². The van der Waals surface area contributed by atoms with Crippen molar-refractivity contribution >= 4 is 12.2 Å². The minimum absolute atomic E-state index is 0.264. The average molecular weight is 227 g/mol. The first-order valence-corrected chi connectivity index (χ1v) is 4.74. The molecule has 0 spiro atoms. The van der Waals surface area contributed by atoms with E-state index in [-0.39, 0.29) is 5.69 Å². The molecule has 0 aliphatic carbocycles. The standard InChI is InChI=1S/C7H9N5O2S/c1-4-8-5(11-14-4)2-3-12-6(13)9-10-7(12)15/h2-3H2,1H3,(H,9,13)(H,10,15). The second-order valence-electron chi connectivity index (χ2n) is 2.99. The van der Waals surface area contributed by atoms with Crippen molar-refractivity contribution in [3.63, 3.8) is 0 Å². The normalized spacial score (nSPS) is 10.7. The molecule has 8 heteroatoms. The number of nitrogens with one attached hydrogen (secondary N) is 2. The summed E-state index contributed by atoms with van der Waals surface area (Å²) in [4.78, 5) is 15.2. The van der Waals surface area contributed by atoms with Crippen LogP contribution in [0.1, 0.15) is 11.7 Å². The van der Waals surface area contributed by atoms with Gasteiger partial charge in [0.1, 0.15) is 0 Å². The molecule has 0 aliphatic heterocycles. The lowest BCUT2D eigenvalue weighted by atomic mass is 10.4. The number of aromatic nitrogens is 5. The molecule has 0 unspecified atom stereocenters. The molecular weight excluding hydrogens is 218 g/mol. The Kier molecular flexibility index (Phi) is 2.50. The van der Waals surface area contributed by atoms with Gasteiger partial charge in [0.15, 0.2) is 10.6 Å². The van der Waals surface area contributed by atoms with E-state index < -0.39 is 0 Å². The highest BCUT2D eigenvalue weighted by molar-refractivity contribution is 7.71. The summed E-state index contributed by atoms with van der Waals surface area (Å²) in [5.41, 5.74) is -0.264. The van der Waals surface area contributed by atoms with Gasteiger partial charge in [-0.1, -0.05) is 5.16 Å². The van der Waals surface area contributed by atoms with E-state index in [0.29, 0.717) is 29.5 Å². The van der Waals surface area contributed by atoms with Crippen LogP contribution in [-0.4, -0.2) is 24.9 Å². The fourth-order valence-corrected chi connectivity index (χ4v) is 1.42. The van der Waals surface area contributed by atoms with Crippen molar-refractivity contribution in [2.45, 2.75) is 19.9 Å². The Morgan fingerprint density at radius 3 is 2.87 bits per heavy atom. The molecule has 2 heterocycles. The van der Waals surface area contributed by atoms with E-state index in [0.717, 1.165) is 0 Å². The van der Waals surface area contributed by atoms with Crippen LogP contribution >= 0.6 is 12.2 Å². The topological polar surface area (TPSA) is 92.5 Å². The van der Waals surface area contributed by atoms with Crippen LogP contribution in [-0.2, 0) is 13.0 Å². The average Bonchev–Trinajstić information content (AvgIpc) is 2.73. The van der Waals surface area contributed by atoms with Crippen LogP contribution in [0.4, 0.5) is 0 Å². The minimum atomic E-state index is -0.264. The third kappa shape index (κ3) is 2.04. The molecule has 0 radical (unpaired) electrons. The number of aromatic amines is 2.